The highest BCUT2D eigenvalue weighted by Crippen LogP contribution is 2.39. The van der Waals surface area contributed by atoms with Gasteiger partial charge in [0.1, 0.15) is 11.1 Å². The van der Waals surface area contributed by atoms with E-state index in [1.165, 1.54) is 36.9 Å². The third-order valence-electron chi connectivity index (χ3n) is 4.71. The van der Waals surface area contributed by atoms with Gasteiger partial charge in [0.15, 0.2) is 0 Å². The van der Waals surface area contributed by atoms with Crippen LogP contribution in [0.15, 0.2) is 5.03 Å². The molecule has 4 heteroatoms. The number of pyridine rings is 1. The molecular formula is C17H21ClN2S. The molecule has 112 valence electrons. The van der Waals surface area contributed by atoms with Crippen molar-refractivity contribution in [2.75, 3.05) is 0 Å². The summed E-state index contributed by atoms with van der Waals surface area (Å²) in [5.41, 5.74) is 4.50. The van der Waals surface area contributed by atoms with Crippen molar-refractivity contribution in [1.29, 1.82) is 5.26 Å². The van der Waals surface area contributed by atoms with Gasteiger partial charge in [0.25, 0.3) is 0 Å². The van der Waals surface area contributed by atoms with Crippen LogP contribution in [0.2, 0.25) is 0 Å². The molecule has 21 heavy (non-hydrogen) atoms. The molecule has 1 heterocycles. The second kappa shape index (κ2) is 6.58. The minimum absolute atomic E-state index is 0.216. The largest absolute Gasteiger partial charge is 0.245 e. The molecule has 0 radical (unpaired) electrons. The van der Waals surface area contributed by atoms with Crippen molar-refractivity contribution in [2.45, 2.75) is 73.9 Å². The molecule has 0 aromatic carbocycles. The summed E-state index contributed by atoms with van der Waals surface area (Å²) in [6.07, 6.45) is 9.28. The fourth-order valence-electron chi connectivity index (χ4n) is 3.45. The molecule has 3 rings (SSSR count). The standard InChI is InChI=1S/C17H21ClN2S/c1-11-12-6-2-4-8-15(12)20-17(13(11)10-19)21-16-9-5-3-7-14(16)18/h14,16H,2-9H2,1H3. The van der Waals surface area contributed by atoms with Crippen LogP contribution in [-0.4, -0.2) is 15.6 Å². The average molecular weight is 321 g/mol. The van der Waals surface area contributed by atoms with E-state index >= 15 is 0 Å². The molecule has 0 amide bonds. The molecule has 1 aromatic heterocycles. The van der Waals surface area contributed by atoms with Crippen molar-refractivity contribution in [3.63, 3.8) is 0 Å². The van der Waals surface area contributed by atoms with Gasteiger partial charge < -0.3 is 0 Å². The van der Waals surface area contributed by atoms with Gasteiger partial charge in [0.05, 0.1) is 5.56 Å². The highest BCUT2D eigenvalue weighted by molar-refractivity contribution is 8.00. The van der Waals surface area contributed by atoms with E-state index in [0.717, 1.165) is 41.8 Å². The zero-order valence-corrected chi connectivity index (χ0v) is 14.1. The maximum absolute atomic E-state index is 9.56. The lowest BCUT2D eigenvalue weighted by molar-refractivity contribution is 0.522. The Labute approximate surface area is 136 Å². The van der Waals surface area contributed by atoms with Gasteiger partial charge in [-0.25, -0.2) is 4.98 Å². The third-order valence-corrected chi connectivity index (χ3v) is 6.77. The Bertz CT molecular complexity index is 579. The fourth-order valence-corrected chi connectivity index (χ4v) is 5.22. The summed E-state index contributed by atoms with van der Waals surface area (Å²) in [5, 5.41) is 11.1. The summed E-state index contributed by atoms with van der Waals surface area (Å²) in [5.74, 6) is 0. The number of nitrogens with zero attached hydrogens (tertiary/aromatic N) is 2. The summed E-state index contributed by atoms with van der Waals surface area (Å²) in [4.78, 5) is 4.86. The van der Waals surface area contributed by atoms with Gasteiger partial charge in [-0.1, -0.05) is 12.8 Å². The lowest BCUT2D eigenvalue weighted by Gasteiger charge is -2.27. The van der Waals surface area contributed by atoms with Crippen molar-refractivity contribution in [3.05, 3.63) is 22.4 Å². The Morgan fingerprint density at radius 1 is 1.19 bits per heavy atom. The van der Waals surface area contributed by atoms with Gasteiger partial charge in [-0.3, -0.25) is 0 Å². The molecule has 0 spiro atoms. The van der Waals surface area contributed by atoms with E-state index in [4.69, 9.17) is 16.6 Å². The Kier molecular flexibility index (Phi) is 4.76. The van der Waals surface area contributed by atoms with E-state index in [9.17, 15) is 5.26 Å². The Hall–Kier alpha value is -0.720. The fraction of sp³-hybridized carbons (Fsp3) is 0.647. The molecule has 1 aromatic rings. The van der Waals surface area contributed by atoms with Crippen molar-refractivity contribution < 1.29 is 0 Å². The van der Waals surface area contributed by atoms with Crippen molar-refractivity contribution >= 4 is 23.4 Å². The van der Waals surface area contributed by atoms with E-state index in [-0.39, 0.29) is 5.38 Å². The van der Waals surface area contributed by atoms with Crippen molar-refractivity contribution in [1.82, 2.24) is 4.98 Å². The maximum Gasteiger partial charge on any atom is 0.115 e. The average Bonchev–Trinajstić information content (AvgIpc) is 2.50. The highest BCUT2D eigenvalue weighted by atomic mass is 35.5. The molecule has 0 bridgehead atoms. The number of halogens is 1. The molecule has 1 fully saturated rings. The molecule has 1 saturated carbocycles. The first-order valence-corrected chi connectivity index (χ1v) is 9.25. The van der Waals surface area contributed by atoms with Crippen LogP contribution in [0.25, 0.3) is 0 Å². The van der Waals surface area contributed by atoms with Crippen LogP contribution in [0, 0.1) is 18.3 Å². The van der Waals surface area contributed by atoms with E-state index in [0.29, 0.717) is 5.25 Å². The number of alkyl halides is 1. The van der Waals surface area contributed by atoms with Crippen LogP contribution in [0.4, 0.5) is 0 Å². The van der Waals surface area contributed by atoms with Crippen molar-refractivity contribution in [3.8, 4) is 6.07 Å². The second-order valence-corrected chi connectivity index (χ2v) is 7.91. The predicted octanol–water partition coefficient (Wildman–Crippen LogP) is 4.78. The zero-order chi connectivity index (χ0) is 14.8. The topological polar surface area (TPSA) is 36.7 Å². The normalized spacial score (nSPS) is 25.2. The monoisotopic (exact) mass is 320 g/mol. The Morgan fingerprint density at radius 2 is 1.95 bits per heavy atom. The van der Waals surface area contributed by atoms with Crippen LogP contribution in [0.3, 0.4) is 0 Å². The molecular weight excluding hydrogens is 300 g/mol. The Balaban J connectivity index is 1.94. The summed E-state index contributed by atoms with van der Waals surface area (Å²) < 4.78 is 0. The van der Waals surface area contributed by atoms with Gasteiger partial charge in [-0.05, 0) is 56.6 Å². The SMILES string of the molecule is Cc1c(C#N)c(SC2CCCCC2Cl)nc2c1CCCC2. The van der Waals surface area contributed by atoms with E-state index < -0.39 is 0 Å². The maximum atomic E-state index is 9.56. The van der Waals surface area contributed by atoms with Crippen LogP contribution in [-0.2, 0) is 12.8 Å². The Morgan fingerprint density at radius 3 is 2.71 bits per heavy atom. The number of rotatable bonds is 2. The molecule has 0 saturated heterocycles. The van der Waals surface area contributed by atoms with E-state index in [1.807, 2.05) is 0 Å². The minimum Gasteiger partial charge on any atom is -0.245 e. The lowest BCUT2D eigenvalue weighted by atomic mass is 9.91. The van der Waals surface area contributed by atoms with Gasteiger partial charge in [0.2, 0.25) is 0 Å². The van der Waals surface area contributed by atoms with Crippen LogP contribution in [0.1, 0.15) is 60.9 Å². The van der Waals surface area contributed by atoms with E-state index in [2.05, 4.69) is 13.0 Å². The van der Waals surface area contributed by atoms with Crippen molar-refractivity contribution in [2.24, 2.45) is 0 Å². The molecule has 2 unspecified atom stereocenters. The van der Waals surface area contributed by atoms with Gasteiger partial charge in [0, 0.05) is 16.3 Å². The molecule has 2 atom stereocenters. The number of nitriles is 1. The summed E-state index contributed by atoms with van der Waals surface area (Å²) in [6, 6.07) is 2.39. The number of fused-ring (bicyclic) bond motifs is 1. The smallest absolute Gasteiger partial charge is 0.115 e. The van der Waals surface area contributed by atoms with Crippen LogP contribution in [0.5, 0.6) is 0 Å². The summed E-state index contributed by atoms with van der Waals surface area (Å²) >= 11 is 8.23. The summed E-state index contributed by atoms with van der Waals surface area (Å²) in [7, 11) is 0. The number of thioether (sulfide) groups is 1. The van der Waals surface area contributed by atoms with E-state index in [1.54, 1.807) is 11.8 Å². The quantitative estimate of drug-likeness (QED) is 0.736. The van der Waals surface area contributed by atoms with Gasteiger partial charge in [-0.2, -0.15) is 5.26 Å². The molecule has 2 nitrogen and oxygen atoms in total. The van der Waals surface area contributed by atoms with Crippen LogP contribution < -0.4 is 0 Å². The molecule has 0 N–H and O–H groups in total. The van der Waals surface area contributed by atoms with Gasteiger partial charge in [-0.15, -0.1) is 23.4 Å². The molecule has 2 aliphatic carbocycles. The third kappa shape index (κ3) is 3.07. The first kappa shape index (κ1) is 15.2. The molecule has 0 aliphatic heterocycles. The van der Waals surface area contributed by atoms with Gasteiger partial charge >= 0.3 is 0 Å². The zero-order valence-electron chi connectivity index (χ0n) is 12.5. The number of hydrogen-bond donors (Lipinski definition) is 0. The minimum atomic E-state index is 0.216. The summed E-state index contributed by atoms with van der Waals surface area (Å²) in [6.45, 7) is 2.09. The number of hydrogen-bond acceptors (Lipinski definition) is 3. The first-order valence-electron chi connectivity index (χ1n) is 7.94. The lowest BCUT2D eigenvalue weighted by Crippen LogP contribution is -2.22. The molecule has 2 aliphatic rings. The van der Waals surface area contributed by atoms with Crippen LogP contribution >= 0.6 is 23.4 Å². The first-order chi connectivity index (χ1) is 10.2. The number of aryl methyl sites for hydroxylation is 1. The number of aromatic nitrogens is 1. The highest BCUT2D eigenvalue weighted by Gasteiger charge is 2.27. The second-order valence-electron chi connectivity index (χ2n) is 6.12. The predicted molar refractivity (Wildman–Crippen MR) is 88.1 cm³/mol.